The zero-order valence-corrected chi connectivity index (χ0v) is 8.05. The van der Waals surface area contributed by atoms with Crippen molar-refractivity contribution in [2.45, 2.75) is 12.8 Å². The lowest BCUT2D eigenvalue weighted by Crippen LogP contribution is -2.09. The molecule has 6 heteroatoms. The van der Waals surface area contributed by atoms with Gasteiger partial charge in [-0.15, -0.1) is 0 Å². The van der Waals surface area contributed by atoms with Crippen LogP contribution in [-0.2, 0) is 0 Å². The molecular weight excluding hydrogens is 194 g/mol. The van der Waals surface area contributed by atoms with Crippen molar-refractivity contribution in [3.63, 3.8) is 0 Å². The van der Waals surface area contributed by atoms with Crippen LogP contribution in [-0.4, -0.2) is 25.4 Å². The smallest absolute Gasteiger partial charge is 0.233 e. The Kier molecular flexibility index (Phi) is 2.32. The number of nitrogens with two attached hydrogens (primary N) is 1. The SMILES string of the molecule is [CH2]CCC(=O)n1cnc2c(N)ncnc21. The van der Waals surface area contributed by atoms with Crippen molar-refractivity contribution in [1.82, 2.24) is 19.5 Å². The third-order valence-corrected chi connectivity index (χ3v) is 2.02. The molecule has 0 unspecified atom stereocenters. The van der Waals surface area contributed by atoms with E-state index in [-0.39, 0.29) is 11.7 Å². The lowest BCUT2D eigenvalue weighted by Gasteiger charge is -1.99. The molecule has 2 aromatic heterocycles. The number of fused-ring (bicyclic) bond motifs is 1. The van der Waals surface area contributed by atoms with Crippen LogP contribution in [0.2, 0.25) is 0 Å². The Morgan fingerprint density at radius 2 is 2.27 bits per heavy atom. The molecule has 0 aliphatic carbocycles. The van der Waals surface area contributed by atoms with Crippen molar-refractivity contribution < 1.29 is 4.79 Å². The number of nitrogen functional groups attached to an aromatic ring is 1. The summed E-state index contributed by atoms with van der Waals surface area (Å²) in [4.78, 5) is 23.4. The summed E-state index contributed by atoms with van der Waals surface area (Å²) in [5.74, 6) is 0.187. The predicted octanol–water partition coefficient (Wildman–Crippen LogP) is 0.663. The van der Waals surface area contributed by atoms with Crippen LogP contribution >= 0.6 is 0 Å². The number of imidazole rings is 1. The van der Waals surface area contributed by atoms with Gasteiger partial charge in [-0.1, -0.05) is 6.92 Å². The Morgan fingerprint density at radius 3 is 3.00 bits per heavy atom. The van der Waals surface area contributed by atoms with Gasteiger partial charge in [0.05, 0.1) is 0 Å². The van der Waals surface area contributed by atoms with E-state index in [2.05, 4.69) is 21.9 Å². The van der Waals surface area contributed by atoms with Gasteiger partial charge in [-0.2, -0.15) is 0 Å². The van der Waals surface area contributed by atoms with E-state index in [0.29, 0.717) is 24.0 Å². The van der Waals surface area contributed by atoms with Crippen LogP contribution in [0.5, 0.6) is 0 Å². The number of carbonyl (C=O) groups excluding carboxylic acids is 1. The Labute approximate surface area is 86.2 Å². The molecule has 0 aromatic carbocycles. The van der Waals surface area contributed by atoms with Crippen molar-refractivity contribution in [3.05, 3.63) is 19.6 Å². The number of anilines is 1. The Bertz CT molecular complexity index is 504. The standard InChI is InChI=1S/C9H10N5O/c1-2-3-6(15)14-5-13-7-8(10)11-4-12-9(7)14/h4-5H,1-3H2,(H2,10,11,12). The molecule has 2 aromatic rings. The average Bonchev–Trinajstić information content (AvgIpc) is 2.63. The molecule has 0 spiro atoms. The van der Waals surface area contributed by atoms with Crippen molar-refractivity contribution >= 4 is 22.9 Å². The van der Waals surface area contributed by atoms with Crippen LogP contribution in [0.3, 0.4) is 0 Å². The van der Waals surface area contributed by atoms with Gasteiger partial charge in [0.25, 0.3) is 0 Å². The molecule has 1 radical (unpaired) electrons. The highest BCUT2D eigenvalue weighted by atomic mass is 16.2. The molecule has 77 valence electrons. The number of hydrogen-bond acceptors (Lipinski definition) is 5. The van der Waals surface area contributed by atoms with E-state index in [1.165, 1.54) is 17.2 Å². The summed E-state index contributed by atoms with van der Waals surface area (Å²) in [6, 6.07) is 0. The molecule has 0 atom stereocenters. The fraction of sp³-hybridized carbons (Fsp3) is 0.222. The zero-order valence-electron chi connectivity index (χ0n) is 8.05. The predicted molar refractivity (Wildman–Crippen MR) is 55.0 cm³/mol. The summed E-state index contributed by atoms with van der Waals surface area (Å²) >= 11 is 0. The van der Waals surface area contributed by atoms with Crippen LogP contribution < -0.4 is 5.73 Å². The quantitative estimate of drug-likeness (QED) is 0.776. The first-order valence-electron chi connectivity index (χ1n) is 4.50. The normalized spacial score (nSPS) is 10.7. The summed E-state index contributed by atoms with van der Waals surface area (Å²) in [7, 11) is 0. The summed E-state index contributed by atoms with van der Waals surface area (Å²) < 4.78 is 1.37. The molecule has 0 amide bonds. The fourth-order valence-corrected chi connectivity index (χ4v) is 1.31. The van der Waals surface area contributed by atoms with Gasteiger partial charge in [-0.25, -0.2) is 15.0 Å². The molecule has 2 rings (SSSR count). The molecule has 0 bridgehead atoms. The van der Waals surface area contributed by atoms with Gasteiger partial charge in [0.1, 0.15) is 12.7 Å². The van der Waals surface area contributed by atoms with Crippen LogP contribution in [0.4, 0.5) is 5.82 Å². The van der Waals surface area contributed by atoms with Crippen LogP contribution in [0.1, 0.15) is 17.6 Å². The van der Waals surface area contributed by atoms with Crippen molar-refractivity contribution in [2.24, 2.45) is 0 Å². The van der Waals surface area contributed by atoms with Gasteiger partial charge in [0, 0.05) is 6.42 Å². The van der Waals surface area contributed by atoms with E-state index in [4.69, 9.17) is 5.73 Å². The minimum absolute atomic E-state index is 0.0920. The van der Waals surface area contributed by atoms with Crippen molar-refractivity contribution in [1.29, 1.82) is 0 Å². The van der Waals surface area contributed by atoms with Gasteiger partial charge in [0.15, 0.2) is 17.0 Å². The fourth-order valence-electron chi connectivity index (χ4n) is 1.31. The van der Waals surface area contributed by atoms with Gasteiger partial charge in [0.2, 0.25) is 5.91 Å². The first-order chi connectivity index (χ1) is 7.24. The van der Waals surface area contributed by atoms with E-state index in [1.54, 1.807) is 0 Å². The Morgan fingerprint density at radius 1 is 1.47 bits per heavy atom. The van der Waals surface area contributed by atoms with Crippen molar-refractivity contribution in [3.8, 4) is 0 Å². The summed E-state index contributed by atoms with van der Waals surface area (Å²) in [6.45, 7) is 3.62. The highest BCUT2D eigenvalue weighted by Gasteiger charge is 2.12. The molecule has 2 N–H and O–H groups in total. The first-order valence-corrected chi connectivity index (χ1v) is 4.50. The Hall–Kier alpha value is -1.98. The number of nitrogens with zero attached hydrogens (tertiary/aromatic N) is 4. The van der Waals surface area contributed by atoms with E-state index in [1.807, 2.05) is 0 Å². The molecule has 2 heterocycles. The molecular formula is C9H10N5O. The lowest BCUT2D eigenvalue weighted by molar-refractivity contribution is 0.0908. The minimum Gasteiger partial charge on any atom is -0.382 e. The second kappa shape index (κ2) is 3.64. The van der Waals surface area contributed by atoms with Gasteiger partial charge < -0.3 is 5.73 Å². The maximum absolute atomic E-state index is 11.6. The third-order valence-electron chi connectivity index (χ3n) is 2.02. The average molecular weight is 204 g/mol. The molecule has 0 aliphatic rings. The monoisotopic (exact) mass is 204 g/mol. The number of rotatable bonds is 2. The van der Waals surface area contributed by atoms with E-state index < -0.39 is 0 Å². The number of hydrogen-bond donors (Lipinski definition) is 1. The largest absolute Gasteiger partial charge is 0.382 e. The van der Waals surface area contributed by atoms with E-state index in [9.17, 15) is 4.79 Å². The van der Waals surface area contributed by atoms with Gasteiger partial charge >= 0.3 is 0 Å². The lowest BCUT2D eigenvalue weighted by atomic mass is 10.3. The highest BCUT2D eigenvalue weighted by molar-refractivity contribution is 5.91. The van der Waals surface area contributed by atoms with E-state index in [0.717, 1.165) is 0 Å². The van der Waals surface area contributed by atoms with E-state index >= 15 is 0 Å². The topological polar surface area (TPSA) is 86.7 Å². The molecule has 15 heavy (non-hydrogen) atoms. The van der Waals surface area contributed by atoms with Gasteiger partial charge in [-0.05, 0) is 6.42 Å². The zero-order chi connectivity index (χ0) is 10.8. The molecule has 0 saturated carbocycles. The van der Waals surface area contributed by atoms with Crippen LogP contribution in [0.25, 0.3) is 11.2 Å². The second-order valence-electron chi connectivity index (χ2n) is 3.04. The van der Waals surface area contributed by atoms with Crippen LogP contribution in [0, 0.1) is 6.92 Å². The Balaban J connectivity index is 2.54. The maximum Gasteiger partial charge on any atom is 0.233 e. The molecule has 0 saturated heterocycles. The van der Waals surface area contributed by atoms with Gasteiger partial charge in [-0.3, -0.25) is 9.36 Å². The van der Waals surface area contributed by atoms with Crippen LogP contribution in [0.15, 0.2) is 12.7 Å². The number of aromatic nitrogens is 4. The maximum atomic E-state index is 11.6. The molecule has 0 aliphatic heterocycles. The molecule has 6 nitrogen and oxygen atoms in total. The second-order valence-corrected chi connectivity index (χ2v) is 3.04. The summed E-state index contributed by atoms with van der Waals surface area (Å²) in [5, 5.41) is 0. The first kappa shape index (κ1) is 9.57. The van der Waals surface area contributed by atoms with Crippen molar-refractivity contribution in [2.75, 3.05) is 5.73 Å². The summed E-state index contributed by atoms with van der Waals surface area (Å²) in [5.41, 5.74) is 6.49. The minimum atomic E-state index is -0.0920. The third kappa shape index (κ3) is 1.54. The highest BCUT2D eigenvalue weighted by Crippen LogP contribution is 2.14. The molecule has 0 fully saturated rings. The number of carbonyl (C=O) groups is 1. The summed E-state index contributed by atoms with van der Waals surface area (Å²) in [6.07, 6.45) is 3.62.